The molecule has 1 unspecified atom stereocenters. The van der Waals surface area contributed by atoms with E-state index in [0.717, 1.165) is 18.4 Å². The lowest BCUT2D eigenvalue weighted by atomic mass is 10.2. The molecule has 112 valence electrons. The van der Waals surface area contributed by atoms with Crippen LogP contribution < -0.4 is 26.5 Å². The number of nitrogens with one attached hydrogen (secondary N) is 2. The zero-order valence-electron chi connectivity index (χ0n) is 12.0. The van der Waals surface area contributed by atoms with Gasteiger partial charge >= 0.3 is 5.79 Å². The van der Waals surface area contributed by atoms with E-state index < -0.39 is 17.8 Å². The second-order valence-corrected chi connectivity index (χ2v) is 4.86. The first kappa shape index (κ1) is 15.0. The molecule has 7 heteroatoms. The molecule has 1 atom stereocenters. The van der Waals surface area contributed by atoms with Crippen LogP contribution in [0.5, 0.6) is 0 Å². The smallest absolute Gasteiger partial charge is 0.309 e. The van der Waals surface area contributed by atoms with E-state index in [0.29, 0.717) is 17.3 Å². The lowest BCUT2D eigenvalue weighted by Gasteiger charge is -2.24. The molecule has 0 aromatic heterocycles. The first-order valence-electron chi connectivity index (χ1n) is 6.81. The third-order valence-electron chi connectivity index (χ3n) is 3.18. The van der Waals surface area contributed by atoms with Crippen molar-refractivity contribution in [3.63, 3.8) is 0 Å². The minimum Gasteiger partial charge on any atom is -0.530 e. The van der Waals surface area contributed by atoms with E-state index in [-0.39, 0.29) is 0 Å². The Balaban J connectivity index is 2.39. The second-order valence-electron chi connectivity index (χ2n) is 4.86. The quantitative estimate of drug-likeness (QED) is 0.661. The maximum Gasteiger partial charge on any atom is 0.309 e. The molecule has 0 saturated heterocycles. The summed E-state index contributed by atoms with van der Waals surface area (Å²) in [6.45, 7) is 4.25. The van der Waals surface area contributed by atoms with Crippen molar-refractivity contribution in [3.8, 4) is 0 Å². The van der Waals surface area contributed by atoms with Gasteiger partial charge in [-0.15, -0.1) is 0 Å². The average Bonchev–Trinajstić information content (AvgIpc) is 2.79. The fourth-order valence-electron chi connectivity index (χ4n) is 2.10. The minimum absolute atomic E-state index is 0.437. The number of nitrogens with zero attached hydrogens (tertiary/aromatic N) is 2. The number of carbonyl (C=O) groups is 2. The van der Waals surface area contributed by atoms with Crippen molar-refractivity contribution in [1.29, 1.82) is 0 Å². The number of benzene rings is 1. The van der Waals surface area contributed by atoms with Gasteiger partial charge in [-0.05, 0) is 25.0 Å². The van der Waals surface area contributed by atoms with Crippen LogP contribution in [0.4, 0.5) is 4.79 Å². The summed E-state index contributed by atoms with van der Waals surface area (Å²) in [5, 5.41) is 16.6. The lowest BCUT2D eigenvalue weighted by molar-refractivity contribution is -0.253. The van der Waals surface area contributed by atoms with E-state index in [1.165, 1.54) is 0 Å². The van der Waals surface area contributed by atoms with Crippen molar-refractivity contribution < 1.29 is 14.7 Å². The standard InChI is InChI=1S/C14H18N4O3/c1-3-4-8-15-12(19)14(18-13(20)21)16-10-7-5-6-9(2)11(10)17-14/h5-7,18H,3-4,8H2,1-2H3,(H,15,19)(H,20,21)/p-1. The summed E-state index contributed by atoms with van der Waals surface area (Å²) < 4.78 is 0. The fourth-order valence-corrected chi connectivity index (χ4v) is 2.10. The number of para-hydroxylation sites is 1. The first-order valence-corrected chi connectivity index (χ1v) is 6.81. The highest BCUT2D eigenvalue weighted by Gasteiger charge is 2.40. The molecule has 2 rings (SSSR count). The Bertz CT molecular complexity index is 686. The number of carbonyl (C=O) groups excluding carboxylic acids is 2. The fraction of sp³-hybridized carbons (Fsp3) is 0.429. The van der Waals surface area contributed by atoms with Crippen LogP contribution in [-0.2, 0) is 4.79 Å². The summed E-state index contributed by atoms with van der Waals surface area (Å²) in [4.78, 5) is 31.6. The minimum atomic E-state index is -1.89. The van der Waals surface area contributed by atoms with Crippen molar-refractivity contribution in [2.24, 2.45) is 9.98 Å². The molecule has 1 aromatic carbocycles. The van der Waals surface area contributed by atoms with Crippen LogP contribution in [0.2, 0.25) is 0 Å². The summed E-state index contributed by atoms with van der Waals surface area (Å²) in [5.74, 6) is -2.49. The number of hydrogen-bond donors (Lipinski definition) is 2. The Hall–Kier alpha value is -2.44. The van der Waals surface area contributed by atoms with Gasteiger partial charge in [0.15, 0.2) is 0 Å². The number of carboxylic acid groups (broad SMARTS) is 1. The van der Waals surface area contributed by atoms with Gasteiger partial charge in [0.1, 0.15) is 6.09 Å². The molecule has 1 heterocycles. The molecule has 21 heavy (non-hydrogen) atoms. The van der Waals surface area contributed by atoms with Gasteiger partial charge in [-0.2, -0.15) is 0 Å². The van der Waals surface area contributed by atoms with Crippen LogP contribution in [0.1, 0.15) is 25.3 Å². The van der Waals surface area contributed by atoms with E-state index in [9.17, 15) is 14.7 Å². The van der Waals surface area contributed by atoms with E-state index in [1.54, 1.807) is 12.1 Å². The number of amides is 2. The third-order valence-corrected chi connectivity index (χ3v) is 3.18. The van der Waals surface area contributed by atoms with Gasteiger partial charge in [-0.25, -0.2) is 9.98 Å². The molecular weight excluding hydrogens is 272 g/mol. The Kier molecular flexibility index (Phi) is 4.21. The Morgan fingerprint density at radius 2 is 2.10 bits per heavy atom. The largest absolute Gasteiger partial charge is 0.530 e. The summed E-state index contributed by atoms with van der Waals surface area (Å²) in [5.41, 5.74) is 0.819. The topological polar surface area (TPSA) is 106 Å². The van der Waals surface area contributed by atoms with Crippen molar-refractivity contribution in [2.75, 3.05) is 6.54 Å². The van der Waals surface area contributed by atoms with Gasteiger partial charge in [0.2, 0.25) is 0 Å². The van der Waals surface area contributed by atoms with Crippen LogP contribution in [0.25, 0.3) is 0 Å². The van der Waals surface area contributed by atoms with Crippen LogP contribution in [0.15, 0.2) is 28.2 Å². The van der Waals surface area contributed by atoms with E-state index in [4.69, 9.17) is 0 Å². The highest BCUT2D eigenvalue weighted by atomic mass is 16.4. The van der Waals surface area contributed by atoms with Gasteiger partial charge in [0, 0.05) is 6.54 Å². The number of fused-ring (bicyclic) bond motifs is 1. The molecule has 1 aliphatic rings. The summed E-state index contributed by atoms with van der Waals surface area (Å²) in [7, 11) is 0. The molecular formula is C14H17N4O3-. The van der Waals surface area contributed by atoms with E-state index in [1.807, 2.05) is 25.2 Å². The number of unbranched alkanes of at least 4 members (excludes halogenated alkanes) is 1. The highest BCUT2D eigenvalue weighted by molar-refractivity contribution is 5.89. The molecule has 2 N–H and O–H groups in total. The predicted molar refractivity (Wildman–Crippen MR) is 72.7 cm³/mol. The van der Waals surface area contributed by atoms with E-state index >= 15 is 0 Å². The van der Waals surface area contributed by atoms with Gasteiger partial charge in [-0.1, -0.05) is 25.5 Å². The highest BCUT2D eigenvalue weighted by Crippen LogP contribution is 2.11. The SMILES string of the molecule is CCCCNC(=O)C1(NC(=O)[O-])N=c2cccc(C)c2=N1. The molecule has 1 aliphatic heterocycles. The lowest BCUT2D eigenvalue weighted by Crippen LogP contribution is -2.59. The maximum absolute atomic E-state index is 12.3. The Labute approximate surface area is 121 Å². The van der Waals surface area contributed by atoms with Crippen LogP contribution in [-0.4, -0.2) is 24.3 Å². The van der Waals surface area contributed by atoms with Crippen LogP contribution in [0.3, 0.4) is 0 Å². The molecule has 0 fully saturated rings. The molecule has 0 spiro atoms. The molecule has 0 aliphatic carbocycles. The zero-order chi connectivity index (χ0) is 15.5. The van der Waals surface area contributed by atoms with Gasteiger partial charge in [0.25, 0.3) is 5.91 Å². The van der Waals surface area contributed by atoms with Gasteiger partial charge in [-0.3, -0.25) is 4.79 Å². The molecule has 0 radical (unpaired) electrons. The predicted octanol–water partition coefficient (Wildman–Crippen LogP) is -1.25. The summed E-state index contributed by atoms with van der Waals surface area (Å²) in [6, 6.07) is 5.28. The van der Waals surface area contributed by atoms with Crippen LogP contribution >= 0.6 is 0 Å². The Morgan fingerprint density at radius 1 is 1.33 bits per heavy atom. The van der Waals surface area contributed by atoms with Crippen molar-refractivity contribution >= 4 is 12.0 Å². The van der Waals surface area contributed by atoms with Crippen molar-refractivity contribution in [2.45, 2.75) is 32.5 Å². The van der Waals surface area contributed by atoms with Crippen LogP contribution in [0, 0.1) is 6.92 Å². The monoisotopic (exact) mass is 289 g/mol. The molecule has 1 aromatic rings. The second kappa shape index (κ2) is 5.90. The number of rotatable bonds is 5. The Morgan fingerprint density at radius 3 is 2.71 bits per heavy atom. The number of aryl methyl sites for hydroxylation is 1. The molecule has 0 saturated carbocycles. The molecule has 0 bridgehead atoms. The average molecular weight is 289 g/mol. The first-order chi connectivity index (χ1) is 9.98. The van der Waals surface area contributed by atoms with Crippen molar-refractivity contribution in [3.05, 3.63) is 34.5 Å². The molecule has 2 amide bonds. The van der Waals surface area contributed by atoms with Crippen molar-refractivity contribution in [1.82, 2.24) is 10.6 Å². The summed E-state index contributed by atoms with van der Waals surface area (Å²) >= 11 is 0. The third kappa shape index (κ3) is 3.01. The maximum atomic E-state index is 12.3. The van der Waals surface area contributed by atoms with E-state index in [2.05, 4.69) is 15.3 Å². The molecule has 7 nitrogen and oxygen atoms in total. The normalized spacial score (nSPS) is 19.1. The zero-order valence-corrected chi connectivity index (χ0v) is 12.0. The van der Waals surface area contributed by atoms with Gasteiger partial charge in [0.05, 0.1) is 10.7 Å². The number of hydrogen-bond acceptors (Lipinski definition) is 5. The summed E-state index contributed by atoms with van der Waals surface area (Å²) in [6.07, 6.45) is 0.104. The van der Waals surface area contributed by atoms with Gasteiger partial charge < -0.3 is 20.5 Å².